The molecule has 0 aliphatic carbocycles. The summed E-state index contributed by atoms with van der Waals surface area (Å²) in [5.41, 5.74) is 1.74. The lowest BCUT2D eigenvalue weighted by Crippen LogP contribution is -2.40. The van der Waals surface area contributed by atoms with E-state index in [2.05, 4.69) is 10.2 Å². The summed E-state index contributed by atoms with van der Waals surface area (Å²) in [6.45, 7) is 2.43. The molecule has 31 heavy (non-hydrogen) atoms. The molecular weight excluding hydrogens is 400 g/mol. The molecular formula is C22H24N4O5. The molecule has 1 saturated heterocycles. The zero-order valence-electron chi connectivity index (χ0n) is 17.7. The molecule has 3 aromatic rings. The summed E-state index contributed by atoms with van der Waals surface area (Å²) in [6.07, 6.45) is 0. The summed E-state index contributed by atoms with van der Waals surface area (Å²) < 4.78 is 13.3. The number of ether oxygens (including phenoxy) is 2. The van der Waals surface area contributed by atoms with Crippen LogP contribution in [0.5, 0.6) is 5.75 Å². The van der Waals surface area contributed by atoms with Crippen molar-refractivity contribution in [1.82, 2.24) is 9.13 Å². The van der Waals surface area contributed by atoms with E-state index in [0.717, 1.165) is 5.69 Å². The van der Waals surface area contributed by atoms with Crippen LogP contribution in [0.25, 0.3) is 11.0 Å². The molecule has 0 saturated carbocycles. The Hall–Kier alpha value is -3.59. The van der Waals surface area contributed by atoms with Crippen molar-refractivity contribution in [2.24, 2.45) is 14.1 Å². The fourth-order valence-electron chi connectivity index (χ4n) is 3.71. The molecule has 1 aliphatic rings. The molecule has 0 unspecified atom stereocenters. The average molecular weight is 424 g/mol. The third-order valence-corrected chi connectivity index (χ3v) is 5.56. The number of fused-ring (bicyclic) bond motifs is 1. The van der Waals surface area contributed by atoms with Crippen LogP contribution in [0, 0.1) is 0 Å². The number of morpholine rings is 1. The number of carbonyl (C=O) groups excluding carboxylic acids is 1. The SMILES string of the molecule is COc1ccc(C(=O)Nc2cc3c(cc2N2CCOCC2)n(C)c(=O)c(=O)n3C)cc1. The number of anilines is 2. The number of aromatic nitrogens is 2. The van der Waals surface area contributed by atoms with Gasteiger partial charge in [0.2, 0.25) is 0 Å². The van der Waals surface area contributed by atoms with Crippen molar-refractivity contribution < 1.29 is 14.3 Å². The Kier molecular flexibility index (Phi) is 5.51. The molecule has 1 N–H and O–H groups in total. The van der Waals surface area contributed by atoms with E-state index in [-0.39, 0.29) is 5.91 Å². The lowest BCUT2D eigenvalue weighted by atomic mass is 10.1. The molecule has 2 aromatic carbocycles. The van der Waals surface area contributed by atoms with Gasteiger partial charge in [0.1, 0.15) is 5.75 Å². The van der Waals surface area contributed by atoms with Crippen LogP contribution in [0.1, 0.15) is 10.4 Å². The fourth-order valence-corrected chi connectivity index (χ4v) is 3.71. The van der Waals surface area contributed by atoms with Gasteiger partial charge in [0.25, 0.3) is 5.91 Å². The Bertz CT molecular complexity index is 1250. The summed E-state index contributed by atoms with van der Waals surface area (Å²) >= 11 is 0. The third-order valence-electron chi connectivity index (χ3n) is 5.56. The molecule has 1 aromatic heterocycles. The van der Waals surface area contributed by atoms with Crippen LogP contribution in [0.4, 0.5) is 11.4 Å². The van der Waals surface area contributed by atoms with Gasteiger partial charge in [-0.15, -0.1) is 0 Å². The topological polar surface area (TPSA) is 94.8 Å². The first-order valence-corrected chi connectivity index (χ1v) is 9.92. The molecule has 0 radical (unpaired) electrons. The van der Waals surface area contributed by atoms with Crippen molar-refractivity contribution in [3.05, 3.63) is 62.7 Å². The molecule has 1 aliphatic heterocycles. The number of rotatable bonds is 4. The smallest absolute Gasteiger partial charge is 0.316 e. The van der Waals surface area contributed by atoms with Gasteiger partial charge >= 0.3 is 11.1 Å². The van der Waals surface area contributed by atoms with E-state index in [9.17, 15) is 14.4 Å². The molecule has 2 heterocycles. The molecule has 0 bridgehead atoms. The van der Waals surface area contributed by atoms with E-state index in [4.69, 9.17) is 9.47 Å². The first-order chi connectivity index (χ1) is 14.9. The van der Waals surface area contributed by atoms with Crippen molar-refractivity contribution in [2.45, 2.75) is 0 Å². The highest BCUT2D eigenvalue weighted by Gasteiger charge is 2.20. The number of hydrogen-bond acceptors (Lipinski definition) is 6. The van der Waals surface area contributed by atoms with Gasteiger partial charge in [-0.05, 0) is 36.4 Å². The summed E-state index contributed by atoms with van der Waals surface area (Å²) in [4.78, 5) is 39.7. The average Bonchev–Trinajstić information content (AvgIpc) is 2.81. The molecule has 0 spiro atoms. The van der Waals surface area contributed by atoms with Crippen molar-refractivity contribution in [3.63, 3.8) is 0 Å². The fraction of sp³-hybridized carbons (Fsp3) is 0.318. The number of hydrogen-bond donors (Lipinski definition) is 1. The summed E-state index contributed by atoms with van der Waals surface area (Å²) in [5.74, 6) is 0.374. The maximum absolute atomic E-state index is 12.9. The highest BCUT2D eigenvalue weighted by atomic mass is 16.5. The van der Waals surface area contributed by atoms with Crippen LogP contribution in [-0.4, -0.2) is 48.5 Å². The molecule has 9 heteroatoms. The minimum atomic E-state index is -0.624. The zero-order chi connectivity index (χ0) is 22.1. The Morgan fingerprint density at radius 1 is 0.968 bits per heavy atom. The first-order valence-electron chi connectivity index (χ1n) is 9.92. The Morgan fingerprint density at radius 3 is 2.13 bits per heavy atom. The number of benzene rings is 2. The second-order valence-electron chi connectivity index (χ2n) is 7.37. The van der Waals surface area contributed by atoms with Gasteiger partial charge in [-0.1, -0.05) is 0 Å². The van der Waals surface area contributed by atoms with Crippen LogP contribution in [0.3, 0.4) is 0 Å². The Balaban J connectivity index is 1.83. The largest absolute Gasteiger partial charge is 0.497 e. The highest BCUT2D eigenvalue weighted by molar-refractivity contribution is 6.07. The van der Waals surface area contributed by atoms with Gasteiger partial charge in [0.15, 0.2) is 0 Å². The predicted octanol–water partition coefficient (Wildman–Crippen LogP) is 1.33. The van der Waals surface area contributed by atoms with Gasteiger partial charge in [-0.2, -0.15) is 0 Å². The van der Waals surface area contributed by atoms with E-state index in [1.54, 1.807) is 51.5 Å². The summed E-state index contributed by atoms with van der Waals surface area (Å²) in [6, 6.07) is 10.4. The van der Waals surface area contributed by atoms with Crippen molar-refractivity contribution in [3.8, 4) is 5.75 Å². The minimum absolute atomic E-state index is 0.286. The molecule has 4 rings (SSSR count). The lowest BCUT2D eigenvalue weighted by molar-refractivity contribution is 0.102. The van der Waals surface area contributed by atoms with Gasteiger partial charge in [-0.25, -0.2) is 0 Å². The molecule has 1 fully saturated rings. The van der Waals surface area contributed by atoms with Crippen molar-refractivity contribution in [1.29, 1.82) is 0 Å². The Labute approximate surface area is 178 Å². The number of nitrogens with one attached hydrogen (secondary N) is 1. The van der Waals surface area contributed by atoms with Crippen molar-refractivity contribution in [2.75, 3.05) is 43.6 Å². The van der Waals surface area contributed by atoms with E-state index >= 15 is 0 Å². The number of methoxy groups -OCH3 is 1. The molecule has 162 valence electrons. The molecule has 0 atom stereocenters. The van der Waals surface area contributed by atoms with Crippen LogP contribution in [0.2, 0.25) is 0 Å². The zero-order valence-corrected chi connectivity index (χ0v) is 17.7. The quantitative estimate of drug-likeness (QED) is 0.635. The maximum atomic E-state index is 12.9. The van der Waals surface area contributed by atoms with Crippen LogP contribution in [-0.2, 0) is 18.8 Å². The van der Waals surface area contributed by atoms with Crippen LogP contribution >= 0.6 is 0 Å². The van der Waals surface area contributed by atoms with Gasteiger partial charge in [-0.3, -0.25) is 14.4 Å². The highest BCUT2D eigenvalue weighted by Crippen LogP contribution is 2.31. The maximum Gasteiger partial charge on any atom is 0.316 e. The second-order valence-corrected chi connectivity index (χ2v) is 7.37. The number of aryl methyl sites for hydroxylation is 2. The first kappa shape index (κ1) is 20.7. The van der Waals surface area contributed by atoms with Gasteiger partial charge < -0.3 is 28.8 Å². The monoisotopic (exact) mass is 424 g/mol. The number of nitrogens with zero attached hydrogens (tertiary/aromatic N) is 3. The predicted molar refractivity (Wildman–Crippen MR) is 118 cm³/mol. The second kappa shape index (κ2) is 8.27. The van der Waals surface area contributed by atoms with E-state index < -0.39 is 11.1 Å². The Morgan fingerprint density at radius 2 is 1.55 bits per heavy atom. The van der Waals surface area contributed by atoms with E-state index in [1.165, 1.54) is 9.13 Å². The normalized spacial score (nSPS) is 14.0. The molecule has 1 amide bonds. The minimum Gasteiger partial charge on any atom is -0.497 e. The van der Waals surface area contributed by atoms with Gasteiger partial charge in [0, 0.05) is 32.7 Å². The number of amides is 1. The van der Waals surface area contributed by atoms with E-state index in [0.29, 0.717) is 54.3 Å². The van der Waals surface area contributed by atoms with Crippen LogP contribution in [0.15, 0.2) is 46.0 Å². The van der Waals surface area contributed by atoms with Crippen LogP contribution < -0.4 is 26.1 Å². The van der Waals surface area contributed by atoms with Gasteiger partial charge in [0.05, 0.1) is 42.7 Å². The summed E-state index contributed by atoms with van der Waals surface area (Å²) in [7, 11) is 4.69. The third kappa shape index (κ3) is 3.79. The van der Waals surface area contributed by atoms with E-state index in [1.807, 2.05) is 6.07 Å². The standard InChI is InChI=1S/C22H24N4O5/c1-24-18-12-16(23-20(27)14-4-6-15(30-3)7-5-14)17(26-8-10-31-11-9-26)13-19(18)25(2)22(29)21(24)28/h4-7,12-13H,8-11H2,1-3H3,(H,23,27). The summed E-state index contributed by atoms with van der Waals surface area (Å²) in [5, 5.41) is 2.97. The molecule has 9 nitrogen and oxygen atoms in total. The lowest BCUT2D eigenvalue weighted by Gasteiger charge is -2.31. The van der Waals surface area contributed by atoms with Crippen molar-refractivity contribution >= 4 is 28.3 Å². The number of carbonyl (C=O) groups is 1.